The van der Waals surface area contributed by atoms with E-state index in [9.17, 15) is 36.4 Å². The number of halogens is 3. The van der Waals surface area contributed by atoms with E-state index < -0.39 is 52.3 Å². The van der Waals surface area contributed by atoms with Gasteiger partial charge in [-0.25, -0.2) is 22.6 Å². The zero-order chi connectivity index (χ0) is 34.6. The number of hydrogen-bond donors (Lipinski definition) is 1. The van der Waals surface area contributed by atoms with Gasteiger partial charge in [0.2, 0.25) is 5.28 Å². The van der Waals surface area contributed by atoms with Crippen molar-refractivity contribution in [3.05, 3.63) is 71.1 Å². The van der Waals surface area contributed by atoms with E-state index >= 15 is 0 Å². The van der Waals surface area contributed by atoms with Gasteiger partial charge in [-0.05, 0) is 58.0 Å². The molecule has 1 N–H and O–H groups in total. The van der Waals surface area contributed by atoms with Crippen LogP contribution in [0.5, 0.6) is 0 Å². The van der Waals surface area contributed by atoms with E-state index in [0.29, 0.717) is 5.56 Å². The van der Waals surface area contributed by atoms with Gasteiger partial charge in [0.05, 0.1) is 39.8 Å². The lowest BCUT2D eigenvalue weighted by Crippen LogP contribution is -2.43. The van der Waals surface area contributed by atoms with Crippen LogP contribution in [0.25, 0.3) is 16.9 Å². The molecule has 0 aliphatic carbocycles. The Morgan fingerprint density at radius 2 is 1.68 bits per heavy atom. The van der Waals surface area contributed by atoms with Crippen molar-refractivity contribution in [1.29, 1.82) is 0 Å². The van der Waals surface area contributed by atoms with Crippen LogP contribution in [-0.4, -0.2) is 66.2 Å². The fraction of sp³-hybridized carbons (Fsp3) is 0.414. The zero-order valence-corrected chi connectivity index (χ0v) is 26.7. The van der Waals surface area contributed by atoms with E-state index in [1.165, 1.54) is 17.1 Å². The molecule has 1 aliphatic rings. The summed E-state index contributed by atoms with van der Waals surface area (Å²) in [6, 6.07) is 12.5. The fourth-order valence-corrected chi connectivity index (χ4v) is 5.19. The number of carbonyl (C=O) groups is 2. The van der Waals surface area contributed by atoms with Crippen molar-refractivity contribution in [1.82, 2.24) is 19.5 Å². The topological polar surface area (TPSA) is 167 Å². The first-order chi connectivity index (χ1) is 21.9. The van der Waals surface area contributed by atoms with Gasteiger partial charge in [-0.1, -0.05) is 29.8 Å². The third-order valence-corrected chi connectivity index (χ3v) is 8.20. The van der Waals surface area contributed by atoms with Crippen molar-refractivity contribution in [3.8, 4) is 16.9 Å². The fourth-order valence-electron chi connectivity index (χ4n) is 4.31. The third kappa shape index (κ3) is 9.11. The van der Waals surface area contributed by atoms with E-state index in [1.54, 1.807) is 45.0 Å². The summed E-state index contributed by atoms with van der Waals surface area (Å²) in [5, 5.41) is 20.4. The molecule has 0 saturated carbocycles. The Labute approximate surface area is 268 Å². The molecule has 2 aromatic carbocycles. The van der Waals surface area contributed by atoms with E-state index in [0.717, 1.165) is 28.4 Å². The number of piperidine rings is 1. The van der Waals surface area contributed by atoms with E-state index in [-0.39, 0.29) is 47.2 Å². The lowest BCUT2D eigenvalue weighted by atomic mass is 9.98. The molecule has 3 aromatic rings. The number of carbonyl (C=O) groups excluding carboxylic acids is 2. The van der Waals surface area contributed by atoms with Crippen molar-refractivity contribution in [2.45, 2.75) is 57.7 Å². The second-order valence-electron chi connectivity index (χ2n) is 11.6. The maximum Gasteiger partial charge on any atom is 0.435 e. The van der Waals surface area contributed by atoms with Crippen molar-refractivity contribution in [3.63, 3.8) is 0 Å². The first-order valence-corrected chi connectivity index (χ1v) is 15.7. The average molecular weight is 683 g/mol. The van der Waals surface area contributed by atoms with Crippen LogP contribution in [0, 0.1) is 17.5 Å². The standard InChI is InChI=1S/C29H33F3N6O8S/c1-19-5-7-20(8-6-19)24-17-25(29(30,31)32)33-37(24)21-9-11-23(12-10-21)47(42,43)34-27(40)46-22-13-15-36(16-14-22)38(41)35-45-18-44-26(39)28(2,3)4/h5-12,17,22H,13-16,18H2,1-4H3,(H,34,40)/b38-35-. The van der Waals surface area contributed by atoms with Gasteiger partial charge in [-0.3, -0.25) is 4.79 Å². The van der Waals surface area contributed by atoms with Gasteiger partial charge in [-0.2, -0.15) is 18.3 Å². The Bertz CT molecular complexity index is 1710. The number of alkyl halides is 3. The van der Waals surface area contributed by atoms with E-state index in [2.05, 4.69) is 10.4 Å². The SMILES string of the molecule is Cc1ccc(-c2cc(C(F)(F)F)nn2-c2ccc(S(=O)(=O)NC(=O)OC3CCN(/[N+]([O-])=N/OCOC(=O)C(C)(C)C)CC3)cc2)cc1. The van der Waals surface area contributed by atoms with Gasteiger partial charge in [0, 0.05) is 18.4 Å². The van der Waals surface area contributed by atoms with Crippen molar-refractivity contribution >= 4 is 22.1 Å². The van der Waals surface area contributed by atoms with Gasteiger partial charge in [0.1, 0.15) is 6.10 Å². The smallest absolute Gasteiger partial charge is 0.435 e. The number of sulfonamides is 1. The van der Waals surface area contributed by atoms with Crippen LogP contribution in [0.4, 0.5) is 18.0 Å². The molecule has 4 rings (SSSR count). The van der Waals surface area contributed by atoms with Crippen LogP contribution in [-0.2, 0) is 35.3 Å². The maximum atomic E-state index is 13.5. The Morgan fingerprint density at radius 3 is 2.26 bits per heavy atom. The first kappa shape index (κ1) is 35.0. The second-order valence-corrected chi connectivity index (χ2v) is 13.3. The predicted molar refractivity (Wildman–Crippen MR) is 158 cm³/mol. The number of benzene rings is 2. The Kier molecular flexibility index (Phi) is 10.3. The van der Waals surface area contributed by atoms with Crippen molar-refractivity contribution in [2.24, 2.45) is 10.7 Å². The number of hydrazine groups is 1. The molecule has 1 aromatic heterocycles. The van der Waals surface area contributed by atoms with Crippen molar-refractivity contribution in [2.75, 3.05) is 19.9 Å². The minimum absolute atomic E-state index is 0.0956. The molecule has 0 spiro atoms. The number of amides is 1. The van der Waals surface area contributed by atoms with E-state index in [1.807, 2.05) is 11.6 Å². The van der Waals surface area contributed by atoms with Gasteiger partial charge in [-0.15, -0.1) is 5.01 Å². The largest absolute Gasteiger partial charge is 0.569 e. The number of nitrogens with one attached hydrogen (secondary N) is 1. The summed E-state index contributed by atoms with van der Waals surface area (Å²) in [7, 11) is -4.42. The van der Waals surface area contributed by atoms with Gasteiger partial charge >= 0.3 is 18.2 Å². The van der Waals surface area contributed by atoms with Gasteiger partial charge in [0.15, 0.2) is 5.69 Å². The lowest BCUT2D eigenvalue weighted by molar-refractivity contribution is -0.714. The molecule has 1 fully saturated rings. The van der Waals surface area contributed by atoms with Gasteiger partial charge in [0.25, 0.3) is 16.8 Å². The summed E-state index contributed by atoms with van der Waals surface area (Å²) >= 11 is 0. The molecule has 254 valence electrons. The molecule has 0 unspecified atom stereocenters. The molecule has 1 saturated heterocycles. The summed E-state index contributed by atoms with van der Waals surface area (Å²) in [5.41, 5.74) is -0.200. The molecule has 0 atom stereocenters. The highest BCUT2D eigenvalue weighted by Gasteiger charge is 2.35. The highest BCUT2D eigenvalue weighted by atomic mass is 32.2. The maximum absolute atomic E-state index is 13.5. The van der Waals surface area contributed by atoms with Crippen LogP contribution in [0.15, 0.2) is 64.8 Å². The molecule has 1 aliphatic heterocycles. The summed E-state index contributed by atoms with van der Waals surface area (Å²) in [5.74, 6) is -0.537. The Morgan fingerprint density at radius 1 is 1.06 bits per heavy atom. The Hall–Kier alpha value is -4.87. The summed E-state index contributed by atoms with van der Waals surface area (Å²) in [4.78, 5) is 28.7. The van der Waals surface area contributed by atoms with Crippen LogP contribution in [0.1, 0.15) is 44.9 Å². The second kappa shape index (κ2) is 13.9. The third-order valence-electron chi connectivity index (χ3n) is 6.87. The normalized spacial score (nSPS) is 14.9. The van der Waals surface area contributed by atoms with Crippen LogP contribution < -0.4 is 4.72 Å². The predicted octanol–water partition coefficient (Wildman–Crippen LogP) is 5.10. The highest BCUT2D eigenvalue weighted by molar-refractivity contribution is 7.90. The molecule has 14 nitrogen and oxygen atoms in total. The molecule has 18 heteroatoms. The molecule has 0 radical (unpaired) electrons. The zero-order valence-electron chi connectivity index (χ0n) is 25.9. The number of nitrogens with zero attached hydrogens (tertiary/aromatic N) is 5. The highest BCUT2D eigenvalue weighted by Crippen LogP contribution is 2.33. The molecule has 1 amide bonds. The van der Waals surface area contributed by atoms with Crippen LogP contribution in [0.2, 0.25) is 0 Å². The number of aromatic nitrogens is 2. The first-order valence-electron chi connectivity index (χ1n) is 14.2. The number of hydrogen-bond acceptors (Lipinski definition) is 10. The molecular formula is C29H33F3N6O8S. The molecule has 0 bridgehead atoms. The number of aryl methyl sites for hydroxylation is 1. The lowest BCUT2D eigenvalue weighted by Gasteiger charge is -2.27. The average Bonchev–Trinajstić information content (AvgIpc) is 3.45. The number of esters is 1. The minimum atomic E-state index is -4.71. The van der Waals surface area contributed by atoms with Crippen LogP contribution >= 0.6 is 0 Å². The monoisotopic (exact) mass is 682 g/mol. The van der Waals surface area contributed by atoms with Crippen LogP contribution in [0.3, 0.4) is 0 Å². The minimum Gasteiger partial charge on any atom is -0.569 e. The number of rotatable bonds is 9. The molecular weight excluding hydrogens is 649 g/mol. The molecule has 47 heavy (non-hydrogen) atoms. The molecule has 2 heterocycles. The van der Waals surface area contributed by atoms with Crippen molar-refractivity contribution < 1.29 is 50.5 Å². The summed E-state index contributed by atoms with van der Waals surface area (Å²) in [6.07, 6.45) is -6.33. The summed E-state index contributed by atoms with van der Waals surface area (Å²) < 4.78 is 79.1. The van der Waals surface area contributed by atoms with Gasteiger partial charge < -0.3 is 19.5 Å². The quantitative estimate of drug-likeness (QED) is 0.0801. The van der Waals surface area contributed by atoms with E-state index in [4.69, 9.17) is 14.3 Å². The Balaban J connectivity index is 1.34. The number of ether oxygens (including phenoxy) is 2. The summed E-state index contributed by atoms with van der Waals surface area (Å²) in [6.45, 7) is 6.42.